The third-order valence-electron chi connectivity index (χ3n) is 3.62. The van der Waals surface area contributed by atoms with E-state index in [-0.39, 0.29) is 6.10 Å². The number of aryl methyl sites for hydroxylation is 1. The third-order valence-corrected chi connectivity index (χ3v) is 3.62. The van der Waals surface area contributed by atoms with Gasteiger partial charge in [-0.15, -0.1) is 0 Å². The predicted octanol–water partition coefficient (Wildman–Crippen LogP) is 2.49. The Morgan fingerprint density at radius 1 is 1.41 bits per heavy atom. The maximum Gasteiger partial charge on any atom is 0.103 e. The van der Waals surface area contributed by atoms with Gasteiger partial charge in [-0.25, -0.2) is 0 Å². The van der Waals surface area contributed by atoms with E-state index in [1.54, 1.807) is 6.26 Å². The molecule has 2 N–H and O–H groups in total. The molecule has 0 aromatic carbocycles. The Morgan fingerprint density at radius 2 is 2.18 bits per heavy atom. The van der Waals surface area contributed by atoms with Gasteiger partial charge in [-0.2, -0.15) is 0 Å². The summed E-state index contributed by atoms with van der Waals surface area (Å²) in [5, 5.41) is 13.1. The molecule has 96 valence electrons. The van der Waals surface area contributed by atoms with E-state index in [1.165, 1.54) is 0 Å². The second kappa shape index (κ2) is 6.22. The summed E-state index contributed by atoms with van der Waals surface area (Å²) < 4.78 is 5.33. The minimum absolute atomic E-state index is 0.0634. The Kier molecular flexibility index (Phi) is 4.63. The molecule has 3 nitrogen and oxygen atoms in total. The maximum atomic E-state index is 9.45. The standard InChI is InChI=1S/C14H23NO2/c1-11(4-9-14-3-2-10-17-14)15-12-5-7-13(16)8-6-12/h2-3,10-13,15-16H,4-9H2,1H3. The van der Waals surface area contributed by atoms with Gasteiger partial charge in [-0.05, 0) is 51.2 Å². The average Bonchev–Trinajstić information content (AvgIpc) is 2.83. The molecule has 0 bridgehead atoms. The van der Waals surface area contributed by atoms with Crippen molar-refractivity contribution in [3.63, 3.8) is 0 Å². The molecular weight excluding hydrogens is 214 g/mol. The van der Waals surface area contributed by atoms with E-state index < -0.39 is 0 Å². The van der Waals surface area contributed by atoms with Crippen molar-refractivity contribution < 1.29 is 9.52 Å². The van der Waals surface area contributed by atoms with E-state index in [2.05, 4.69) is 12.2 Å². The number of hydrogen-bond acceptors (Lipinski definition) is 3. The average molecular weight is 237 g/mol. The lowest BCUT2D eigenvalue weighted by atomic mass is 9.92. The molecule has 17 heavy (non-hydrogen) atoms. The van der Waals surface area contributed by atoms with Crippen LogP contribution in [0.4, 0.5) is 0 Å². The van der Waals surface area contributed by atoms with Gasteiger partial charge in [0.15, 0.2) is 0 Å². The Hall–Kier alpha value is -0.800. The Morgan fingerprint density at radius 3 is 2.82 bits per heavy atom. The Bertz CT molecular complexity index is 302. The van der Waals surface area contributed by atoms with Crippen molar-refractivity contribution in [3.05, 3.63) is 24.2 Å². The second-order valence-corrected chi connectivity index (χ2v) is 5.19. The van der Waals surface area contributed by atoms with E-state index >= 15 is 0 Å². The summed E-state index contributed by atoms with van der Waals surface area (Å²) in [5.74, 6) is 1.07. The van der Waals surface area contributed by atoms with Crippen LogP contribution >= 0.6 is 0 Å². The molecule has 1 aromatic rings. The van der Waals surface area contributed by atoms with E-state index in [0.717, 1.165) is 44.3 Å². The van der Waals surface area contributed by atoms with Crippen molar-refractivity contribution in [1.82, 2.24) is 5.32 Å². The summed E-state index contributed by atoms with van der Waals surface area (Å²) >= 11 is 0. The smallest absolute Gasteiger partial charge is 0.103 e. The Labute approximate surface area is 103 Å². The molecule has 2 rings (SSSR count). The fourth-order valence-corrected chi connectivity index (χ4v) is 2.54. The molecule has 1 aliphatic carbocycles. The highest BCUT2D eigenvalue weighted by Crippen LogP contribution is 2.19. The third kappa shape index (κ3) is 4.17. The van der Waals surface area contributed by atoms with Gasteiger partial charge >= 0.3 is 0 Å². The van der Waals surface area contributed by atoms with Crippen molar-refractivity contribution in [2.24, 2.45) is 0 Å². The zero-order valence-corrected chi connectivity index (χ0v) is 10.6. The normalized spacial score (nSPS) is 26.9. The van der Waals surface area contributed by atoms with Crippen LogP contribution in [0.3, 0.4) is 0 Å². The topological polar surface area (TPSA) is 45.4 Å². The first-order valence-corrected chi connectivity index (χ1v) is 6.70. The second-order valence-electron chi connectivity index (χ2n) is 5.19. The number of aliphatic hydroxyl groups excluding tert-OH is 1. The number of furan rings is 1. The molecule has 1 aliphatic rings. The molecule has 0 amide bonds. The van der Waals surface area contributed by atoms with E-state index in [9.17, 15) is 5.11 Å². The van der Waals surface area contributed by atoms with Gasteiger partial charge < -0.3 is 14.8 Å². The molecule has 1 fully saturated rings. The van der Waals surface area contributed by atoms with Crippen LogP contribution in [0.25, 0.3) is 0 Å². The highest BCUT2D eigenvalue weighted by atomic mass is 16.3. The van der Waals surface area contributed by atoms with E-state index in [4.69, 9.17) is 4.42 Å². The molecule has 3 heteroatoms. The molecule has 0 spiro atoms. The maximum absolute atomic E-state index is 9.45. The predicted molar refractivity (Wildman–Crippen MR) is 67.9 cm³/mol. The number of hydrogen-bond donors (Lipinski definition) is 2. The zero-order valence-electron chi connectivity index (χ0n) is 10.6. The van der Waals surface area contributed by atoms with Crippen molar-refractivity contribution in [2.75, 3.05) is 0 Å². The molecule has 1 heterocycles. The monoisotopic (exact) mass is 237 g/mol. The molecule has 0 saturated heterocycles. The summed E-state index contributed by atoms with van der Waals surface area (Å²) in [6.07, 6.45) is 7.87. The largest absolute Gasteiger partial charge is 0.469 e. The molecule has 1 aromatic heterocycles. The lowest BCUT2D eigenvalue weighted by molar-refractivity contribution is 0.114. The zero-order chi connectivity index (χ0) is 12.1. The summed E-state index contributed by atoms with van der Waals surface area (Å²) in [6.45, 7) is 2.23. The summed E-state index contributed by atoms with van der Waals surface area (Å²) in [7, 11) is 0. The molecule has 0 aliphatic heterocycles. The first-order valence-electron chi connectivity index (χ1n) is 6.70. The van der Waals surface area contributed by atoms with Crippen LogP contribution in [0.15, 0.2) is 22.8 Å². The Balaban J connectivity index is 1.65. The molecule has 0 radical (unpaired) electrons. The van der Waals surface area contributed by atoms with Crippen LogP contribution in [0.5, 0.6) is 0 Å². The van der Waals surface area contributed by atoms with Crippen LogP contribution in [0, 0.1) is 0 Å². The van der Waals surface area contributed by atoms with Gasteiger partial charge in [0.25, 0.3) is 0 Å². The van der Waals surface area contributed by atoms with Crippen LogP contribution in [-0.2, 0) is 6.42 Å². The first kappa shape index (κ1) is 12.7. The van der Waals surface area contributed by atoms with Crippen molar-refractivity contribution in [3.8, 4) is 0 Å². The molecule has 1 unspecified atom stereocenters. The summed E-state index contributed by atoms with van der Waals surface area (Å²) in [5.41, 5.74) is 0. The van der Waals surface area contributed by atoms with Crippen LogP contribution in [0.2, 0.25) is 0 Å². The number of aliphatic hydroxyl groups is 1. The minimum Gasteiger partial charge on any atom is -0.469 e. The van der Waals surface area contributed by atoms with Crippen LogP contribution in [0.1, 0.15) is 44.8 Å². The highest BCUT2D eigenvalue weighted by Gasteiger charge is 2.20. The molecule has 1 atom stereocenters. The molecule has 1 saturated carbocycles. The fourth-order valence-electron chi connectivity index (χ4n) is 2.54. The summed E-state index contributed by atoms with van der Waals surface area (Å²) in [4.78, 5) is 0. The van der Waals surface area contributed by atoms with Gasteiger partial charge in [0, 0.05) is 18.5 Å². The van der Waals surface area contributed by atoms with Gasteiger partial charge in [0.2, 0.25) is 0 Å². The highest BCUT2D eigenvalue weighted by molar-refractivity contribution is 4.98. The number of rotatable bonds is 5. The fraction of sp³-hybridized carbons (Fsp3) is 0.714. The van der Waals surface area contributed by atoms with Crippen molar-refractivity contribution >= 4 is 0 Å². The van der Waals surface area contributed by atoms with E-state index in [1.807, 2.05) is 12.1 Å². The van der Waals surface area contributed by atoms with Gasteiger partial charge in [-0.3, -0.25) is 0 Å². The first-order chi connectivity index (χ1) is 8.24. The lowest BCUT2D eigenvalue weighted by Crippen LogP contribution is -2.40. The van der Waals surface area contributed by atoms with Crippen LogP contribution < -0.4 is 5.32 Å². The van der Waals surface area contributed by atoms with Gasteiger partial charge in [0.1, 0.15) is 5.76 Å². The van der Waals surface area contributed by atoms with Gasteiger partial charge in [-0.1, -0.05) is 0 Å². The minimum atomic E-state index is -0.0634. The summed E-state index contributed by atoms with van der Waals surface area (Å²) in [6, 6.07) is 5.07. The SMILES string of the molecule is CC(CCc1ccco1)NC1CCC(O)CC1. The van der Waals surface area contributed by atoms with Gasteiger partial charge in [0.05, 0.1) is 12.4 Å². The molecular formula is C14H23NO2. The van der Waals surface area contributed by atoms with E-state index in [0.29, 0.717) is 12.1 Å². The number of nitrogens with one attached hydrogen (secondary N) is 1. The van der Waals surface area contributed by atoms with Crippen molar-refractivity contribution in [2.45, 2.75) is 63.6 Å². The van der Waals surface area contributed by atoms with Crippen molar-refractivity contribution in [1.29, 1.82) is 0 Å². The lowest BCUT2D eigenvalue weighted by Gasteiger charge is -2.29. The van der Waals surface area contributed by atoms with Crippen LogP contribution in [-0.4, -0.2) is 23.3 Å². The quantitative estimate of drug-likeness (QED) is 0.827.